The Balaban J connectivity index is 1.37. The van der Waals surface area contributed by atoms with Crippen molar-refractivity contribution in [3.63, 3.8) is 0 Å². The van der Waals surface area contributed by atoms with Crippen LogP contribution in [0.4, 0.5) is 0 Å². The Morgan fingerprint density at radius 2 is 2.17 bits per heavy atom. The van der Waals surface area contributed by atoms with Crippen LogP contribution in [0.1, 0.15) is 20.8 Å². The van der Waals surface area contributed by atoms with Crippen LogP contribution in [0.3, 0.4) is 0 Å². The maximum absolute atomic E-state index is 12.3. The topological polar surface area (TPSA) is 59.5 Å². The molecule has 0 radical (unpaired) electrons. The average molecular weight is 358 g/mol. The molecule has 0 spiro atoms. The Kier molecular flexibility index (Phi) is 4.03. The number of nitrogens with zero attached hydrogens (tertiary/aromatic N) is 2. The summed E-state index contributed by atoms with van der Waals surface area (Å²) >= 11 is 3.20. The zero-order valence-electron chi connectivity index (χ0n) is 12.7. The number of ether oxygens (including phenoxy) is 1. The second kappa shape index (κ2) is 6.33. The van der Waals surface area contributed by atoms with E-state index < -0.39 is 5.97 Å². The van der Waals surface area contributed by atoms with Crippen molar-refractivity contribution in [2.45, 2.75) is 13.0 Å². The lowest BCUT2D eigenvalue weighted by atomic mass is 10.1. The molecule has 24 heavy (non-hydrogen) atoms. The number of thiazole rings is 1. The van der Waals surface area contributed by atoms with Gasteiger partial charge in [-0.2, -0.15) is 0 Å². The van der Waals surface area contributed by atoms with Crippen LogP contribution >= 0.6 is 22.7 Å². The highest BCUT2D eigenvalue weighted by Gasteiger charge is 2.22. The molecule has 0 aliphatic carbocycles. The fourth-order valence-corrected chi connectivity index (χ4v) is 4.35. The molecule has 0 N–H and O–H groups in total. The first-order valence-electron chi connectivity index (χ1n) is 7.54. The third-order valence-corrected chi connectivity index (χ3v) is 5.87. The molecule has 1 aliphatic heterocycles. The third kappa shape index (κ3) is 2.92. The highest BCUT2D eigenvalue weighted by atomic mass is 32.1. The summed E-state index contributed by atoms with van der Waals surface area (Å²) in [5.41, 5.74) is 4.23. The van der Waals surface area contributed by atoms with Crippen molar-refractivity contribution in [3.8, 4) is 0 Å². The van der Waals surface area contributed by atoms with Gasteiger partial charge in [-0.05, 0) is 41.6 Å². The maximum Gasteiger partial charge on any atom is 0.338 e. The maximum atomic E-state index is 12.3. The minimum Gasteiger partial charge on any atom is -0.452 e. The summed E-state index contributed by atoms with van der Waals surface area (Å²) in [6.45, 7) is 1.05. The Bertz CT molecular complexity index is 915. The molecule has 0 atom stereocenters. The Labute approximate surface area is 146 Å². The molecule has 0 bridgehead atoms. The predicted octanol–water partition coefficient (Wildman–Crippen LogP) is 3.10. The van der Waals surface area contributed by atoms with E-state index in [4.69, 9.17) is 4.74 Å². The molecule has 122 valence electrons. The summed E-state index contributed by atoms with van der Waals surface area (Å²) in [5.74, 6) is -0.633. The van der Waals surface area contributed by atoms with Crippen LogP contribution in [-0.4, -0.2) is 34.9 Å². The van der Waals surface area contributed by atoms with Gasteiger partial charge < -0.3 is 9.64 Å². The van der Waals surface area contributed by atoms with E-state index in [1.165, 1.54) is 21.8 Å². The molecule has 0 fully saturated rings. The number of amides is 1. The van der Waals surface area contributed by atoms with E-state index in [2.05, 4.69) is 11.1 Å². The summed E-state index contributed by atoms with van der Waals surface area (Å²) in [5, 5.41) is 2.05. The van der Waals surface area contributed by atoms with E-state index in [-0.39, 0.29) is 12.5 Å². The summed E-state index contributed by atoms with van der Waals surface area (Å²) < 4.78 is 6.12. The summed E-state index contributed by atoms with van der Waals surface area (Å²) in [6, 6.07) is 7.26. The number of esters is 1. The molecule has 0 saturated heterocycles. The number of aromatic nitrogens is 1. The number of carbonyl (C=O) groups excluding carboxylic acids is 2. The normalized spacial score (nSPS) is 13.8. The van der Waals surface area contributed by atoms with Crippen LogP contribution in [0, 0.1) is 0 Å². The van der Waals surface area contributed by atoms with Crippen molar-refractivity contribution in [1.82, 2.24) is 9.88 Å². The molecule has 5 nitrogen and oxygen atoms in total. The third-order valence-electron chi connectivity index (χ3n) is 4.05. The van der Waals surface area contributed by atoms with Gasteiger partial charge in [0.1, 0.15) is 0 Å². The Hall–Kier alpha value is -2.25. The van der Waals surface area contributed by atoms with E-state index in [9.17, 15) is 9.59 Å². The molecule has 3 heterocycles. The van der Waals surface area contributed by atoms with Crippen molar-refractivity contribution in [1.29, 1.82) is 0 Å². The number of rotatable bonds is 3. The fourth-order valence-electron chi connectivity index (χ4n) is 2.75. The van der Waals surface area contributed by atoms with E-state index >= 15 is 0 Å². The van der Waals surface area contributed by atoms with Gasteiger partial charge in [0, 0.05) is 18.0 Å². The van der Waals surface area contributed by atoms with Gasteiger partial charge >= 0.3 is 5.97 Å². The van der Waals surface area contributed by atoms with Crippen LogP contribution < -0.4 is 0 Å². The van der Waals surface area contributed by atoms with Crippen molar-refractivity contribution in [3.05, 3.63) is 51.2 Å². The van der Waals surface area contributed by atoms with Crippen molar-refractivity contribution >= 4 is 44.8 Å². The smallest absolute Gasteiger partial charge is 0.338 e. The minimum absolute atomic E-state index is 0.154. The minimum atomic E-state index is -0.480. The molecule has 4 rings (SSSR count). The van der Waals surface area contributed by atoms with E-state index in [1.807, 2.05) is 5.38 Å². The zero-order chi connectivity index (χ0) is 16.5. The van der Waals surface area contributed by atoms with Crippen LogP contribution in [-0.2, 0) is 22.5 Å². The zero-order valence-corrected chi connectivity index (χ0v) is 14.4. The van der Waals surface area contributed by atoms with Gasteiger partial charge in [-0.15, -0.1) is 22.7 Å². The molecule has 1 aliphatic rings. The van der Waals surface area contributed by atoms with Crippen LogP contribution in [0.5, 0.6) is 0 Å². The molecule has 1 amide bonds. The van der Waals surface area contributed by atoms with Gasteiger partial charge in [-0.25, -0.2) is 9.78 Å². The van der Waals surface area contributed by atoms with Crippen LogP contribution in [0.15, 0.2) is 35.2 Å². The first-order valence-corrected chi connectivity index (χ1v) is 9.30. The molecule has 3 aromatic rings. The number of hydrogen-bond acceptors (Lipinski definition) is 6. The Morgan fingerprint density at radius 1 is 1.25 bits per heavy atom. The standard InChI is InChI=1S/C17H14N2O3S2/c20-16(19-5-3-14-12(8-19)4-6-23-14)9-22-17(21)11-1-2-13-15(7-11)24-10-18-13/h1-2,4,6-7,10H,3,5,8-9H2. The summed E-state index contributed by atoms with van der Waals surface area (Å²) in [7, 11) is 0. The summed E-state index contributed by atoms with van der Waals surface area (Å²) in [6.07, 6.45) is 0.870. The molecule has 0 unspecified atom stereocenters. The highest BCUT2D eigenvalue weighted by Crippen LogP contribution is 2.24. The molecular weight excluding hydrogens is 344 g/mol. The molecule has 1 aromatic carbocycles. The second-order valence-electron chi connectivity index (χ2n) is 5.55. The number of benzene rings is 1. The lowest BCUT2D eigenvalue weighted by molar-refractivity contribution is -0.135. The van der Waals surface area contributed by atoms with Crippen LogP contribution in [0.2, 0.25) is 0 Å². The summed E-state index contributed by atoms with van der Waals surface area (Å²) in [4.78, 5) is 31.7. The number of thiophene rings is 1. The SMILES string of the molecule is O=C(OCC(=O)N1CCc2sccc2C1)c1ccc2ncsc2c1. The molecule has 7 heteroatoms. The predicted molar refractivity (Wildman–Crippen MR) is 93.3 cm³/mol. The fraction of sp³-hybridized carbons (Fsp3) is 0.235. The number of hydrogen-bond donors (Lipinski definition) is 0. The highest BCUT2D eigenvalue weighted by molar-refractivity contribution is 7.16. The average Bonchev–Trinajstić information content (AvgIpc) is 3.26. The Morgan fingerprint density at radius 3 is 3.08 bits per heavy atom. The quantitative estimate of drug-likeness (QED) is 0.675. The van der Waals surface area contributed by atoms with E-state index in [0.717, 1.165) is 16.6 Å². The number of fused-ring (bicyclic) bond motifs is 2. The monoisotopic (exact) mass is 358 g/mol. The van der Waals surface area contributed by atoms with E-state index in [0.29, 0.717) is 18.7 Å². The largest absolute Gasteiger partial charge is 0.452 e. The van der Waals surface area contributed by atoms with Gasteiger partial charge in [-0.3, -0.25) is 4.79 Å². The van der Waals surface area contributed by atoms with Crippen molar-refractivity contribution < 1.29 is 14.3 Å². The van der Waals surface area contributed by atoms with Gasteiger partial charge in [0.05, 0.1) is 21.3 Å². The van der Waals surface area contributed by atoms with E-state index in [1.54, 1.807) is 39.9 Å². The lowest BCUT2D eigenvalue weighted by Gasteiger charge is -2.26. The van der Waals surface area contributed by atoms with Crippen molar-refractivity contribution in [2.75, 3.05) is 13.2 Å². The van der Waals surface area contributed by atoms with Gasteiger partial charge in [0.25, 0.3) is 5.91 Å². The van der Waals surface area contributed by atoms with Gasteiger partial charge in [0.2, 0.25) is 0 Å². The van der Waals surface area contributed by atoms with Gasteiger partial charge in [0.15, 0.2) is 6.61 Å². The van der Waals surface area contributed by atoms with Crippen molar-refractivity contribution in [2.24, 2.45) is 0 Å². The second-order valence-corrected chi connectivity index (χ2v) is 7.43. The molecular formula is C17H14N2O3S2. The van der Waals surface area contributed by atoms with Crippen LogP contribution in [0.25, 0.3) is 10.2 Å². The molecule has 0 saturated carbocycles. The first-order chi connectivity index (χ1) is 11.7. The lowest BCUT2D eigenvalue weighted by Crippen LogP contribution is -2.38. The first kappa shape index (κ1) is 15.3. The number of carbonyl (C=O) groups is 2. The van der Waals surface area contributed by atoms with Gasteiger partial charge in [-0.1, -0.05) is 0 Å². The molecule has 2 aromatic heterocycles.